The molecule has 2 aromatic rings. The van der Waals surface area contributed by atoms with E-state index >= 15 is 0 Å². The van der Waals surface area contributed by atoms with Crippen LogP contribution < -0.4 is 0 Å². The molecule has 2 amide bonds. The molecular weight excluding hydrogens is 416 g/mol. The lowest BCUT2D eigenvalue weighted by Crippen LogP contribution is -2.49. The number of rotatable bonds is 5. The first-order valence-electron chi connectivity index (χ1n) is 12.3. The van der Waals surface area contributed by atoms with E-state index in [9.17, 15) is 9.59 Å². The van der Waals surface area contributed by atoms with Gasteiger partial charge in [-0.1, -0.05) is 30.3 Å². The Morgan fingerprint density at radius 1 is 1.06 bits per heavy atom. The number of likely N-dealkylation sites (tertiary alicyclic amines) is 2. The fraction of sp³-hybridized carbons (Fsp3) is 0.538. The molecule has 0 saturated carbocycles. The Kier molecular flexibility index (Phi) is 6.40. The number of piperidine rings is 2. The lowest BCUT2D eigenvalue weighted by molar-refractivity contribution is -0.142. The molecule has 0 atom stereocenters. The SMILES string of the molecule is O=C1CCCCN1CCCC(=O)N1CCC2(CC1)OCCc1cnc(-c3ccccc3)nc12. The van der Waals surface area contributed by atoms with Crippen molar-refractivity contribution in [1.82, 2.24) is 19.8 Å². The number of benzene rings is 1. The quantitative estimate of drug-likeness (QED) is 0.701. The van der Waals surface area contributed by atoms with Crippen molar-refractivity contribution < 1.29 is 14.3 Å². The highest BCUT2D eigenvalue weighted by molar-refractivity contribution is 5.77. The minimum absolute atomic E-state index is 0.179. The van der Waals surface area contributed by atoms with Crippen molar-refractivity contribution in [3.63, 3.8) is 0 Å². The lowest BCUT2D eigenvalue weighted by atomic mass is 9.83. The van der Waals surface area contributed by atoms with Gasteiger partial charge in [-0.05, 0) is 44.1 Å². The Balaban J connectivity index is 1.21. The highest BCUT2D eigenvalue weighted by atomic mass is 16.5. The van der Waals surface area contributed by atoms with Gasteiger partial charge in [-0.25, -0.2) is 9.97 Å². The van der Waals surface area contributed by atoms with Crippen LogP contribution in [0.1, 0.15) is 56.2 Å². The van der Waals surface area contributed by atoms with Gasteiger partial charge in [0, 0.05) is 50.8 Å². The smallest absolute Gasteiger partial charge is 0.222 e. The molecule has 4 heterocycles. The summed E-state index contributed by atoms with van der Waals surface area (Å²) in [5, 5.41) is 0. The monoisotopic (exact) mass is 448 g/mol. The van der Waals surface area contributed by atoms with Crippen LogP contribution in [0.3, 0.4) is 0 Å². The predicted octanol–water partition coefficient (Wildman–Crippen LogP) is 3.33. The Morgan fingerprint density at radius 3 is 2.67 bits per heavy atom. The third-order valence-electron chi connectivity index (χ3n) is 7.24. The second-order valence-corrected chi connectivity index (χ2v) is 9.35. The molecular formula is C26H32N4O3. The van der Waals surface area contributed by atoms with E-state index in [2.05, 4.69) is 4.98 Å². The van der Waals surface area contributed by atoms with Gasteiger partial charge >= 0.3 is 0 Å². The van der Waals surface area contributed by atoms with E-state index in [1.807, 2.05) is 46.3 Å². The summed E-state index contributed by atoms with van der Waals surface area (Å²) in [4.78, 5) is 38.2. The van der Waals surface area contributed by atoms with Crippen LogP contribution in [-0.2, 0) is 26.3 Å². The van der Waals surface area contributed by atoms with Gasteiger partial charge in [0.15, 0.2) is 5.82 Å². The second-order valence-electron chi connectivity index (χ2n) is 9.35. The van der Waals surface area contributed by atoms with Gasteiger partial charge in [0.25, 0.3) is 0 Å². The first-order valence-corrected chi connectivity index (χ1v) is 12.3. The summed E-state index contributed by atoms with van der Waals surface area (Å²) in [7, 11) is 0. The van der Waals surface area contributed by atoms with Gasteiger partial charge < -0.3 is 14.5 Å². The maximum Gasteiger partial charge on any atom is 0.222 e. The molecule has 7 nitrogen and oxygen atoms in total. The molecule has 0 radical (unpaired) electrons. The van der Waals surface area contributed by atoms with Crippen LogP contribution in [0.15, 0.2) is 36.5 Å². The zero-order valence-corrected chi connectivity index (χ0v) is 19.2. The van der Waals surface area contributed by atoms with E-state index in [4.69, 9.17) is 9.72 Å². The fourth-order valence-corrected chi connectivity index (χ4v) is 5.31. The van der Waals surface area contributed by atoms with Crippen LogP contribution in [-0.4, -0.2) is 64.4 Å². The molecule has 5 rings (SSSR count). The number of amides is 2. The predicted molar refractivity (Wildman–Crippen MR) is 124 cm³/mol. The van der Waals surface area contributed by atoms with Gasteiger partial charge in [0.1, 0.15) is 5.60 Å². The van der Waals surface area contributed by atoms with Crippen molar-refractivity contribution in [2.24, 2.45) is 0 Å². The van der Waals surface area contributed by atoms with Crippen LogP contribution in [0.5, 0.6) is 0 Å². The molecule has 0 N–H and O–H groups in total. The van der Waals surface area contributed by atoms with E-state index in [0.29, 0.717) is 39.1 Å². The summed E-state index contributed by atoms with van der Waals surface area (Å²) in [5.41, 5.74) is 2.72. The van der Waals surface area contributed by atoms with Gasteiger partial charge in [-0.3, -0.25) is 9.59 Å². The van der Waals surface area contributed by atoms with Gasteiger partial charge in [0.05, 0.1) is 12.3 Å². The Labute approximate surface area is 195 Å². The minimum atomic E-state index is -0.433. The zero-order valence-electron chi connectivity index (χ0n) is 19.2. The van der Waals surface area contributed by atoms with Crippen molar-refractivity contribution in [1.29, 1.82) is 0 Å². The van der Waals surface area contributed by atoms with Crippen molar-refractivity contribution in [3.05, 3.63) is 47.8 Å². The summed E-state index contributed by atoms with van der Waals surface area (Å²) in [6.45, 7) is 3.54. The molecule has 33 heavy (non-hydrogen) atoms. The Bertz CT molecular complexity index is 1000. The topological polar surface area (TPSA) is 75.6 Å². The van der Waals surface area contributed by atoms with Crippen LogP contribution in [0.25, 0.3) is 11.4 Å². The first-order chi connectivity index (χ1) is 16.1. The molecule has 3 aliphatic heterocycles. The molecule has 174 valence electrons. The molecule has 7 heteroatoms. The van der Waals surface area contributed by atoms with E-state index in [-0.39, 0.29) is 11.8 Å². The fourth-order valence-electron chi connectivity index (χ4n) is 5.31. The molecule has 0 aliphatic carbocycles. The van der Waals surface area contributed by atoms with Crippen LogP contribution >= 0.6 is 0 Å². The van der Waals surface area contributed by atoms with E-state index in [1.54, 1.807) is 0 Å². The number of carbonyl (C=O) groups excluding carboxylic acids is 2. The lowest BCUT2D eigenvalue weighted by Gasteiger charge is -2.44. The summed E-state index contributed by atoms with van der Waals surface area (Å²) >= 11 is 0. The Morgan fingerprint density at radius 2 is 1.88 bits per heavy atom. The van der Waals surface area contributed by atoms with Crippen LogP contribution in [0, 0.1) is 0 Å². The van der Waals surface area contributed by atoms with Crippen molar-refractivity contribution >= 4 is 11.8 Å². The maximum absolute atomic E-state index is 12.8. The molecule has 1 aromatic carbocycles. The van der Waals surface area contributed by atoms with Crippen molar-refractivity contribution in [2.75, 3.05) is 32.8 Å². The van der Waals surface area contributed by atoms with Gasteiger partial charge in [0.2, 0.25) is 11.8 Å². The van der Waals surface area contributed by atoms with E-state index in [0.717, 1.165) is 67.7 Å². The standard InChI is InChI=1S/C26H32N4O3/c31-22-9-4-5-14-29(22)15-6-10-23(32)30-16-12-26(13-17-30)24-21(11-18-33-26)19-27-25(28-24)20-7-2-1-3-8-20/h1-3,7-8,19H,4-6,9-18H2. The summed E-state index contributed by atoms with van der Waals surface area (Å²) < 4.78 is 6.35. The second kappa shape index (κ2) is 9.59. The summed E-state index contributed by atoms with van der Waals surface area (Å²) in [5.74, 6) is 1.14. The maximum atomic E-state index is 12.8. The molecule has 3 aliphatic rings. The van der Waals surface area contributed by atoms with Gasteiger partial charge in [-0.15, -0.1) is 0 Å². The molecule has 0 unspecified atom stereocenters. The summed E-state index contributed by atoms with van der Waals surface area (Å²) in [6, 6.07) is 10.0. The molecule has 1 aromatic heterocycles. The van der Waals surface area contributed by atoms with Crippen LogP contribution in [0.4, 0.5) is 0 Å². The van der Waals surface area contributed by atoms with E-state index in [1.165, 1.54) is 0 Å². The minimum Gasteiger partial charge on any atom is -0.368 e. The molecule has 0 bridgehead atoms. The van der Waals surface area contributed by atoms with Crippen LogP contribution in [0.2, 0.25) is 0 Å². The number of fused-ring (bicyclic) bond motifs is 2. The normalized spacial score (nSPS) is 20.1. The highest BCUT2D eigenvalue weighted by Crippen LogP contribution is 2.41. The number of carbonyl (C=O) groups is 2. The number of nitrogens with zero attached hydrogens (tertiary/aromatic N) is 4. The number of ether oxygens (including phenoxy) is 1. The Hall–Kier alpha value is -2.80. The third kappa shape index (κ3) is 4.64. The average Bonchev–Trinajstić information content (AvgIpc) is 2.86. The van der Waals surface area contributed by atoms with Gasteiger partial charge in [-0.2, -0.15) is 0 Å². The number of aromatic nitrogens is 2. The molecule has 1 spiro atoms. The number of hydrogen-bond acceptors (Lipinski definition) is 5. The number of hydrogen-bond donors (Lipinski definition) is 0. The molecule has 2 saturated heterocycles. The highest BCUT2D eigenvalue weighted by Gasteiger charge is 2.43. The summed E-state index contributed by atoms with van der Waals surface area (Å²) in [6.07, 6.45) is 8.23. The van der Waals surface area contributed by atoms with Crippen molar-refractivity contribution in [3.8, 4) is 11.4 Å². The largest absolute Gasteiger partial charge is 0.368 e. The van der Waals surface area contributed by atoms with E-state index < -0.39 is 5.60 Å². The first kappa shape index (κ1) is 22.0. The zero-order chi connectivity index (χ0) is 22.7. The van der Waals surface area contributed by atoms with Crippen molar-refractivity contribution in [2.45, 2.75) is 57.0 Å². The third-order valence-corrected chi connectivity index (χ3v) is 7.24. The molecule has 2 fully saturated rings. The average molecular weight is 449 g/mol.